The van der Waals surface area contributed by atoms with Crippen molar-refractivity contribution < 1.29 is 19.5 Å². The van der Waals surface area contributed by atoms with Crippen molar-refractivity contribution in [1.29, 1.82) is 0 Å². The number of nitrogens with zero attached hydrogens (tertiary/aromatic N) is 1. The minimum absolute atomic E-state index is 0.232. The van der Waals surface area contributed by atoms with Crippen molar-refractivity contribution in [1.82, 2.24) is 15.5 Å². The Kier molecular flexibility index (Phi) is 6.17. The van der Waals surface area contributed by atoms with E-state index in [2.05, 4.69) is 16.7 Å². The highest BCUT2D eigenvalue weighted by Crippen LogP contribution is 2.18. The molecule has 1 aliphatic rings. The normalized spacial score (nSPS) is 14.5. The van der Waals surface area contributed by atoms with Crippen LogP contribution >= 0.6 is 0 Å². The highest BCUT2D eigenvalue weighted by Gasteiger charge is 2.22. The summed E-state index contributed by atoms with van der Waals surface area (Å²) in [5.74, 6) is -1.56. The maximum Gasteiger partial charge on any atom is 0.326 e. The van der Waals surface area contributed by atoms with Crippen LogP contribution in [-0.4, -0.2) is 47.0 Å². The zero-order valence-electron chi connectivity index (χ0n) is 13.7. The lowest BCUT2D eigenvalue weighted by molar-refractivity contribution is -0.141. The van der Waals surface area contributed by atoms with Crippen LogP contribution in [0.2, 0.25) is 0 Å². The summed E-state index contributed by atoms with van der Waals surface area (Å²) in [7, 11) is 0. The molecule has 0 aliphatic carbocycles. The molecule has 2 rings (SSSR count). The number of fused-ring (bicyclic) bond motifs is 1. The monoisotopic (exact) mass is 333 g/mol. The molecule has 130 valence electrons. The second-order valence-electron chi connectivity index (χ2n) is 5.85. The Hall–Kier alpha value is -2.57. The minimum atomic E-state index is -1.07. The number of carbonyl (C=O) groups is 3. The molecule has 3 N–H and O–H groups in total. The molecule has 0 spiro atoms. The topological polar surface area (TPSA) is 98.7 Å². The third kappa shape index (κ3) is 4.71. The smallest absolute Gasteiger partial charge is 0.326 e. The third-order valence-corrected chi connectivity index (χ3v) is 4.03. The van der Waals surface area contributed by atoms with Gasteiger partial charge in [0, 0.05) is 13.1 Å². The molecule has 7 nitrogen and oxygen atoms in total. The summed E-state index contributed by atoms with van der Waals surface area (Å²) in [6.45, 7) is 2.72. The van der Waals surface area contributed by atoms with Gasteiger partial charge in [-0.2, -0.15) is 0 Å². The summed E-state index contributed by atoms with van der Waals surface area (Å²) in [5.41, 5.74) is 2.35. The van der Waals surface area contributed by atoms with Crippen molar-refractivity contribution in [2.24, 2.45) is 0 Å². The summed E-state index contributed by atoms with van der Waals surface area (Å²) >= 11 is 0. The number of rotatable bonds is 6. The number of urea groups is 1. The summed E-state index contributed by atoms with van der Waals surface area (Å²) in [4.78, 5) is 36.7. The van der Waals surface area contributed by atoms with Crippen LogP contribution in [0.5, 0.6) is 0 Å². The largest absolute Gasteiger partial charge is 0.480 e. The van der Waals surface area contributed by atoms with Gasteiger partial charge < -0.3 is 20.6 Å². The van der Waals surface area contributed by atoms with E-state index in [9.17, 15) is 14.4 Å². The van der Waals surface area contributed by atoms with Gasteiger partial charge in [0.25, 0.3) is 0 Å². The van der Waals surface area contributed by atoms with Crippen molar-refractivity contribution in [3.05, 3.63) is 35.4 Å². The van der Waals surface area contributed by atoms with E-state index >= 15 is 0 Å². The fourth-order valence-electron chi connectivity index (χ4n) is 2.73. The quantitative estimate of drug-likeness (QED) is 0.726. The Bertz CT molecular complexity index is 618. The summed E-state index contributed by atoms with van der Waals surface area (Å²) in [6.07, 6.45) is 1.79. The molecule has 0 bridgehead atoms. The lowest BCUT2D eigenvalue weighted by atomic mass is 10.0. The van der Waals surface area contributed by atoms with Gasteiger partial charge in [0.05, 0.1) is 6.54 Å². The van der Waals surface area contributed by atoms with Crippen LogP contribution in [0.25, 0.3) is 0 Å². The van der Waals surface area contributed by atoms with E-state index < -0.39 is 17.9 Å². The van der Waals surface area contributed by atoms with E-state index in [1.807, 2.05) is 25.1 Å². The fourth-order valence-corrected chi connectivity index (χ4v) is 2.73. The minimum Gasteiger partial charge on any atom is -0.480 e. The molecule has 0 fully saturated rings. The standard InChI is InChI=1S/C17H23N3O4/c1-2-5-14(16(22)23)19-15(21)10-18-17(24)20-9-8-12-6-3-4-7-13(12)11-20/h3-4,6-7,14H,2,5,8-11H2,1H3,(H,18,24)(H,19,21)(H,22,23). The maximum absolute atomic E-state index is 12.2. The van der Waals surface area contributed by atoms with E-state index in [1.54, 1.807) is 4.90 Å². The summed E-state index contributed by atoms with van der Waals surface area (Å²) < 4.78 is 0. The van der Waals surface area contributed by atoms with Gasteiger partial charge in [0.2, 0.25) is 5.91 Å². The van der Waals surface area contributed by atoms with Crippen LogP contribution < -0.4 is 10.6 Å². The van der Waals surface area contributed by atoms with E-state index in [4.69, 9.17) is 5.11 Å². The Morgan fingerprint density at radius 3 is 2.62 bits per heavy atom. The number of hydrogen-bond donors (Lipinski definition) is 3. The van der Waals surface area contributed by atoms with Gasteiger partial charge in [-0.25, -0.2) is 9.59 Å². The lowest BCUT2D eigenvalue weighted by Gasteiger charge is -2.28. The summed E-state index contributed by atoms with van der Waals surface area (Å²) in [5, 5.41) is 14.0. The van der Waals surface area contributed by atoms with Gasteiger partial charge in [-0.05, 0) is 24.0 Å². The van der Waals surface area contributed by atoms with Gasteiger partial charge in [-0.1, -0.05) is 37.6 Å². The Morgan fingerprint density at radius 1 is 1.25 bits per heavy atom. The molecule has 0 aromatic heterocycles. The second-order valence-corrected chi connectivity index (χ2v) is 5.85. The lowest BCUT2D eigenvalue weighted by Crippen LogP contribution is -2.49. The number of benzene rings is 1. The molecule has 1 aromatic rings. The van der Waals surface area contributed by atoms with E-state index in [1.165, 1.54) is 5.56 Å². The van der Waals surface area contributed by atoms with E-state index in [0.717, 1.165) is 12.0 Å². The number of hydrogen-bond acceptors (Lipinski definition) is 3. The van der Waals surface area contributed by atoms with Gasteiger partial charge in [-0.15, -0.1) is 0 Å². The first-order chi connectivity index (χ1) is 11.5. The molecule has 0 saturated heterocycles. The average molecular weight is 333 g/mol. The molecule has 7 heteroatoms. The molecule has 0 saturated carbocycles. The van der Waals surface area contributed by atoms with Crippen LogP contribution in [-0.2, 0) is 22.6 Å². The highest BCUT2D eigenvalue weighted by atomic mass is 16.4. The molecule has 0 radical (unpaired) electrons. The number of carboxylic acids is 1. The SMILES string of the molecule is CCCC(NC(=O)CNC(=O)N1CCc2ccccc2C1)C(=O)O. The first-order valence-corrected chi connectivity index (χ1v) is 8.13. The van der Waals surface area contributed by atoms with Gasteiger partial charge in [-0.3, -0.25) is 4.79 Å². The number of amides is 3. The van der Waals surface area contributed by atoms with E-state index in [0.29, 0.717) is 25.9 Å². The van der Waals surface area contributed by atoms with Crippen molar-refractivity contribution in [2.45, 2.75) is 38.8 Å². The molecule has 1 aliphatic heterocycles. The fraction of sp³-hybridized carbons (Fsp3) is 0.471. The number of nitrogens with one attached hydrogen (secondary N) is 2. The first kappa shape index (κ1) is 17.8. The summed E-state index contributed by atoms with van der Waals surface area (Å²) in [6, 6.07) is 6.73. The van der Waals surface area contributed by atoms with Crippen LogP contribution in [0.4, 0.5) is 4.79 Å². The molecular formula is C17H23N3O4. The molecule has 1 heterocycles. The van der Waals surface area contributed by atoms with Gasteiger partial charge in [0.1, 0.15) is 6.04 Å². The third-order valence-electron chi connectivity index (χ3n) is 4.03. The van der Waals surface area contributed by atoms with Crippen LogP contribution in [0.1, 0.15) is 30.9 Å². The van der Waals surface area contributed by atoms with Crippen molar-refractivity contribution in [2.75, 3.05) is 13.1 Å². The molecule has 24 heavy (non-hydrogen) atoms. The van der Waals surface area contributed by atoms with Crippen LogP contribution in [0.15, 0.2) is 24.3 Å². The predicted octanol–water partition coefficient (Wildman–Crippen LogP) is 1.12. The Balaban J connectivity index is 1.81. The number of aliphatic carboxylic acids is 1. The van der Waals surface area contributed by atoms with E-state index in [-0.39, 0.29) is 12.6 Å². The zero-order valence-corrected chi connectivity index (χ0v) is 13.7. The van der Waals surface area contributed by atoms with Crippen molar-refractivity contribution in [3.8, 4) is 0 Å². The zero-order chi connectivity index (χ0) is 17.5. The second kappa shape index (κ2) is 8.33. The number of carbonyl (C=O) groups excluding carboxylic acids is 2. The maximum atomic E-state index is 12.2. The molecular weight excluding hydrogens is 310 g/mol. The molecule has 1 atom stereocenters. The number of carboxylic acid groups (broad SMARTS) is 1. The van der Waals surface area contributed by atoms with Crippen molar-refractivity contribution in [3.63, 3.8) is 0 Å². The average Bonchev–Trinajstić information content (AvgIpc) is 2.58. The Morgan fingerprint density at radius 2 is 1.96 bits per heavy atom. The van der Waals surface area contributed by atoms with Crippen LogP contribution in [0.3, 0.4) is 0 Å². The molecule has 1 aromatic carbocycles. The molecule has 3 amide bonds. The predicted molar refractivity (Wildman–Crippen MR) is 88.4 cm³/mol. The van der Waals surface area contributed by atoms with Gasteiger partial charge >= 0.3 is 12.0 Å². The van der Waals surface area contributed by atoms with Crippen molar-refractivity contribution >= 4 is 17.9 Å². The first-order valence-electron chi connectivity index (χ1n) is 8.13. The Labute approximate surface area is 141 Å². The highest BCUT2D eigenvalue weighted by molar-refractivity contribution is 5.87. The van der Waals surface area contributed by atoms with Crippen LogP contribution in [0, 0.1) is 0 Å². The van der Waals surface area contributed by atoms with Gasteiger partial charge in [0.15, 0.2) is 0 Å². The molecule has 1 unspecified atom stereocenters.